The Labute approximate surface area is 125 Å². The predicted molar refractivity (Wildman–Crippen MR) is 80.4 cm³/mol. The van der Waals surface area contributed by atoms with Gasteiger partial charge in [0.2, 0.25) is 0 Å². The molecule has 0 aromatic heterocycles. The molecule has 2 aliphatic rings. The van der Waals surface area contributed by atoms with Crippen LogP contribution < -0.4 is 4.74 Å². The van der Waals surface area contributed by atoms with Crippen LogP contribution in [0.15, 0.2) is 24.3 Å². The fourth-order valence-electron chi connectivity index (χ4n) is 3.54. The molecule has 0 amide bonds. The summed E-state index contributed by atoms with van der Waals surface area (Å²) in [5.41, 5.74) is 0.680. The summed E-state index contributed by atoms with van der Waals surface area (Å²) in [6.07, 6.45) is 1.43. The van der Waals surface area contributed by atoms with Crippen LogP contribution >= 0.6 is 0 Å². The Morgan fingerprint density at radius 2 is 2.00 bits per heavy atom. The number of aliphatic carboxylic acids is 1. The summed E-state index contributed by atoms with van der Waals surface area (Å²) in [6.45, 7) is 6.49. The second kappa shape index (κ2) is 5.34. The molecule has 4 heteroatoms. The Kier molecular flexibility index (Phi) is 3.66. The summed E-state index contributed by atoms with van der Waals surface area (Å²) in [5, 5.41) is 9.37. The van der Waals surface area contributed by atoms with Crippen LogP contribution in [0.4, 0.5) is 0 Å². The van der Waals surface area contributed by atoms with Gasteiger partial charge in [0.25, 0.3) is 0 Å². The number of para-hydroxylation sites is 1. The molecule has 0 radical (unpaired) electrons. The Hall–Kier alpha value is -1.55. The van der Waals surface area contributed by atoms with Crippen LogP contribution in [0.5, 0.6) is 5.75 Å². The van der Waals surface area contributed by atoms with E-state index in [-0.39, 0.29) is 0 Å². The van der Waals surface area contributed by atoms with Crippen LogP contribution in [0, 0.1) is 11.3 Å². The van der Waals surface area contributed by atoms with E-state index >= 15 is 0 Å². The molecule has 1 aromatic rings. The quantitative estimate of drug-likeness (QED) is 0.909. The molecule has 3 rings (SSSR count). The topological polar surface area (TPSA) is 49.8 Å². The fourth-order valence-corrected chi connectivity index (χ4v) is 3.54. The van der Waals surface area contributed by atoms with Crippen molar-refractivity contribution in [1.82, 2.24) is 4.90 Å². The number of carboxylic acid groups (broad SMARTS) is 1. The van der Waals surface area contributed by atoms with Crippen molar-refractivity contribution in [3.8, 4) is 5.75 Å². The van der Waals surface area contributed by atoms with E-state index in [2.05, 4.69) is 24.0 Å². The van der Waals surface area contributed by atoms with Crippen molar-refractivity contribution in [3.05, 3.63) is 29.8 Å². The fraction of sp³-hybridized carbons (Fsp3) is 0.588. The largest absolute Gasteiger partial charge is 0.493 e. The lowest BCUT2D eigenvalue weighted by Crippen LogP contribution is -2.46. The molecule has 114 valence electrons. The third-order valence-corrected chi connectivity index (χ3v) is 5.09. The van der Waals surface area contributed by atoms with Gasteiger partial charge >= 0.3 is 5.97 Å². The predicted octanol–water partition coefficient (Wildman–Crippen LogP) is 2.94. The SMILES string of the molecule is CC1COc2ccccc2C1N1CCC(C)(C(=O)O)CC1. The molecule has 0 saturated carbocycles. The van der Waals surface area contributed by atoms with Gasteiger partial charge < -0.3 is 9.84 Å². The Morgan fingerprint density at radius 3 is 2.67 bits per heavy atom. The van der Waals surface area contributed by atoms with Crippen LogP contribution in [0.3, 0.4) is 0 Å². The van der Waals surface area contributed by atoms with E-state index in [0.29, 0.717) is 24.8 Å². The summed E-state index contributed by atoms with van der Waals surface area (Å²) < 4.78 is 5.82. The first-order valence-electron chi connectivity index (χ1n) is 7.70. The lowest BCUT2D eigenvalue weighted by atomic mass is 9.79. The number of ether oxygens (including phenoxy) is 1. The van der Waals surface area contributed by atoms with Crippen LogP contribution in [0.25, 0.3) is 0 Å². The lowest BCUT2D eigenvalue weighted by molar-refractivity contribution is -0.151. The maximum absolute atomic E-state index is 11.4. The molecule has 2 atom stereocenters. The van der Waals surface area contributed by atoms with E-state index in [1.807, 2.05) is 19.1 Å². The van der Waals surface area contributed by atoms with Crippen molar-refractivity contribution in [1.29, 1.82) is 0 Å². The minimum atomic E-state index is -0.664. The van der Waals surface area contributed by atoms with Gasteiger partial charge in [-0.2, -0.15) is 0 Å². The van der Waals surface area contributed by atoms with Crippen LogP contribution in [-0.2, 0) is 4.79 Å². The average Bonchev–Trinajstić information content (AvgIpc) is 2.48. The number of carboxylic acids is 1. The number of carbonyl (C=O) groups is 1. The summed E-state index contributed by atoms with van der Waals surface area (Å²) in [4.78, 5) is 13.8. The Morgan fingerprint density at radius 1 is 1.33 bits per heavy atom. The molecule has 21 heavy (non-hydrogen) atoms. The summed E-state index contributed by atoms with van der Waals surface area (Å²) in [6, 6.07) is 8.57. The van der Waals surface area contributed by atoms with E-state index in [4.69, 9.17) is 4.74 Å². The molecule has 0 spiro atoms. The molecule has 1 N–H and O–H groups in total. The molecular weight excluding hydrogens is 266 g/mol. The van der Waals surface area contributed by atoms with Crippen LogP contribution in [0.2, 0.25) is 0 Å². The Bertz CT molecular complexity index is 535. The number of benzene rings is 1. The summed E-state index contributed by atoms with van der Waals surface area (Å²) >= 11 is 0. The Balaban J connectivity index is 1.80. The molecule has 0 bridgehead atoms. The van der Waals surface area contributed by atoms with E-state index in [1.54, 1.807) is 0 Å². The van der Waals surface area contributed by atoms with Crippen LogP contribution in [-0.4, -0.2) is 35.7 Å². The highest BCUT2D eigenvalue weighted by Crippen LogP contribution is 2.42. The van der Waals surface area contributed by atoms with Crippen molar-refractivity contribution in [2.24, 2.45) is 11.3 Å². The average molecular weight is 289 g/mol. The molecule has 0 aliphatic carbocycles. The molecule has 4 nitrogen and oxygen atoms in total. The number of likely N-dealkylation sites (tertiary alicyclic amines) is 1. The van der Waals surface area contributed by atoms with E-state index < -0.39 is 11.4 Å². The number of fused-ring (bicyclic) bond motifs is 1. The van der Waals surface area contributed by atoms with Gasteiger partial charge in [0, 0.05) is 17.5 Å². The van der Waals surface area contributed by atoms with E-state index in [0.717, 1.165) is 25.4 Å². The minimum Gasteiger partial charge on any atom is -0.493 e. The van der Waals surface area contributed by atoms with Crippen LogP contribution in [0.1, 0.15) is 38.3 Å². The molecular formula is C17H23NO3. The molecule has 1 aromatic carbocycles. The smallest absolute Gasteiger partial charge is 0.309 e. The normalized spacial score (nSPS) is 28.5. The number of rotatable bonds is 2. The van der Waals surface area contributed by atoms with Crippen molar-refractivity contribution < 1.29 is 14.6 Å². The highest BCUT2D eigenvalue weighted by atomic mass is 16.5. The molecule has 1 fully saturated rings. The zero-order chi connectivity index (χ0) is 15.0. The zero-order valence-corrected chi connectivity index (χ0v) is 12.7. The van der Waals surface area contributed by atoms with Gasteiger partial charge in [0.15, 0.2) is 0 Å². The van der Waals surface area contributed by atoms with Gasteiger partial charge in [-0.15, -0.1) is 0 Å². The number of hydrogen-bond acceptors (Lipinski definition) is 3. The lowest BCUT2D eigenvalue weighted by Gasteiger charge is -2.44. The molecule has 2 aliphatic heterocycles. The molecule has 2 unspecified atom stereocenters. The van der Waals surface area contributed by atoms with Gasteiger partial charge in [0.05, 0.1) is 12.0 Å². The van der Waals surface area contributed by atoms with Gasteiger partial charge in [0.1, 0.15) is 5.75 Å². The van der Waals surface area contributed by atoms with Gasteiger partial charge in [-0.25, -0.2) is 0 Å². The third kappa shape index (κ3) is 2.53. The van der Waals surface area contributed by atoms with Gasteiger partial charge in [-0.3, -0.25) is 9.69 Å². The minimum absolute atomic E-state index is 0.341. The second-order valence-corrected chi connectivity index (χ2v) is 6.67. The summed E-state index contributed by atoms with van der Waals surface area (Å²) in [7, 11) is 0. The standard InChI is InChI=1S/C17H23NO3/c1-12-11-21-14-6-4-3-5-13(14)15(12)18-9-7-17(2,8-10-18)16(19)20/h3-6,12,15H,7-11H2,1-2H3,(H,19,20). The maximum atomic E-state index is 11.4. The molecule has 2 heterocycles. The molecule has 1 saturated heterocycles. The van der Waals surface area contributed by atoms with E-state index in [9.17, 15) is 9.90 Å². The van der Waals surface area contributed by atoms with Crippen molar-refractivity contribution in [3.63, 3.8) is 0 Å². The maximum Gasteiger partial charge on any atom is 0.309 e. The zero-order valence-electron chi connectivity index (χ0n) is 12.7. The van der Waals surface area contributed by atoms with Gasteiger partial charge in [-0.1, -0.05) is 25.1 Å². The van der Waals surface area contributed by atoms with Crippen molar-refractivity contribution in [2.75, 3.05) is 19.7 Å². The second-order valence-electron chi connectivity index (χ2n) is 6.67. The highest BCUT2D eigenvalue weighted by molar-refractivity contribution is 5.74. The number of piperidine rings is 1. The monoisotopic (exact) mass is 289 g/mol. The first-order chi connectivity index (χ1) is 10.0. The van der Waals surface area contributed by atoms with Crippen molar-refractivity contribution >= 4 is 5.97 Å². The van der Waals surface area contributed by atoms with Crippen molar-refractivity contribution in [2.45, 2.75) is 32.7 Å². The summed E-state index contributed by atoms with van der Waals surface area (Å²) in [5.74, 6) is 0.740. The highest BCUT2D eigenvalue weighted by Gasteiger charge is 2.41. The first kappa shape index (κ1) is 14.4. The van der Waals surface area contributed by atoms with E-state index in [1.165, 1.54) is 5.56 Å². The van der Waals surface area contributed by atoms with Gasteiger partial charge in [-0.05, 0) is 38.9 Å². The third-order valence-electron chi connectivity index (χ3n) is 5.09. The first-order valence-corrected chi connectivity index (χ1v) is 7.70. The number of hydrogen-bond donors (Lipinski definition) is 1. The number of nitrogens with zero attached hydrogens (tertiary/aromatic N) is 1.